The largest absolute Gasteiger partial charge is 0.493 e. The summed E-state index contributed by atoms with van der Waals surface area (Å²) in [5.41, 5.74) is 1.51. The van der Waals surface area contributed by atoms with Crippen LogP contribution in [-0.4, -0.2) is 121 Å². The van der Waals surface area contributed by atoms with Crippen LogP contribution in [0.15, 0.2) is 72.8 Å². The van der Waals surface area contributed by atoms with E-state index >= 15 is 4.79 Å². The molecule has 0 radical (unpaired) electrons. The Labute approximate surface area is 410 Å². The number of hydrogen-bond acceptors (Lipinski definition) is 11. The highest BCUT2D eigenvalue weighted by Gasteiger charge is 2.43. The van der Waals surface area contributed by atoms with Crippen molar-refractivity contribution in [2.75, 3.05) is 47.6 Å². The van der Waals surface area contributed by atoms with Crippen molar-refractivity contribution in [2.45, 2.75) is 129 Å². The Hall–Kier alpha value is -5.65. The van der Waals surface area contributed by atoms with Crippen LogP contribution >= 0.6 is 0 Å². The first-order valence-corrected chi connectivity index (χ1v) is 26.7. The van der Waals surface area contributed by atoms with E-state index in [2.05, 4.69) is 55.1 Å². The third-order valence-corrected chi connectivity index (χ3v) is 17.0. The fourth-order valence-electron chi connectivity index (χ4n) is 7.77. The summed E-state index contributed by atoms with van der Waals surface area (Å²) in [6.07, 6.45) is -0.787. The number of morpholine rings is 1. The van der Waals surface area contributed by atoms with E-state index in [-0.39, 0.29) is 24.3 Å². The summed E-state index contributed by atoms with van der Waals surface area (Å²) in [6.45, 7) is 20.9. The highest BCUT2D eigenvalue weighted by Crippen LogP contribution is 2.42. The number of rotatable bonds is 21. The smallest absolute Gasteiger partial charge is 0.407 e. The van der Waals surface area contributed by atoms with Gasteiger partial charge < -0.3 is 49.0 Å². The lowest BCUT2D eigenvalue weighted by Crippen LogP contribution is -2.59. The molecule has 1 aliphatic rings. The Morgan fingerprint density at radius 2 is 1.28 bits per heavy atom. The number of hydrogen-bond donors (Lipinski definition) is 4. The van der Waals surface area contributed by atoms with Gasteiger partial charge in [-0.15, -0.1) is 0 Å². The number of amides is 6. The minimum absolute atomic E-state index is 0.0786. The van der Waals surface area contributed by atoms with Crippen LogP contribution in [0.3, 0.4) is 0 Å². The van der Waals surface area contributed by atoms with Crippen LogP contribution in [0.25, 0.3) is 0 Å². The number of alkyl carbamates (subject to hydrolysis) is 1. The molecule has 380 valence electrons. The summed E-state index contributed by atoms with van der Waals surface area (Å²) < 4.78 is 35.7. The monoisotopic (exact) mass is 976 g/mol. The molecule has 3 aromatic carbocycles. The molecule has 69 heavy (non-hydrogen) atoms. The average molecular weight is 976 g/mol. The molecule has 0 saturated carbocycles. The number of ether oxygens (including phenoxy) is 5. The molecule has 16 nitrogen and oxygen atoms in total. The van der Waals surface area contributed by atoms with Gasteiger partial charge in [0.2, 0.25) is 17.6 Å². The van der Waals surface area contributed by atoms with Crippen molar-refractivity contribution >= 4 is 38.2 Å². The van der Waals surface area contributed by atoms with Crippen molar-refractivity contribution in [3.8, 4) is 17.2 Å². The van der Waals surface area contributed by atoms with E-state index < -0.39 is 79.8 Å². The van der Waals surface area contributed by atoms with Crippen molar-refractivity contribution in [3.63, 3.8) is 0 Å². The molecule has 1 heterocycles. The highest BCUT2D eigenvalue weighted by molar-refractivity contribution is 6.74. The molecule has 1 aliphatic heterocycles. The average Bonchev–Trinajstić information content (AvgIpc) is 3.29. The molecule has 17 heteroatoms. The first-order valence-electron chi connectivity index (χ1n) is 23.8. The third kappa shape index (κ3) is 16.8. The van der Waals surface area contributed by atoms with Crippen LogP contribution < -0.4 is 35.5 Å². The number of benzene rings is 3. The van der Waals surface area contributed by atoms with Gasteiger partial charge in [-0.05, 0) is 86.8 Å². The number of carbonyl (C=O) groups excluding carboxylic acids is 5. The van der Waals surface area contributed by atoms with E-state index in [0.29, 0.717) is 55.5 Å². The van der Waals surface area contributed by atoms with Gasteiger partial charge in [-0.3, -0.25) is 19.7 Å². The minimum Gasteiger partial charge on any atom is -0.493 e. The second-order valence-electron chi connectivity index (χ2n) is 20.4. The number of nitrogens with zero attached hydrogens (tertiary/aromatic N) is 1. The number of carbonyl (C=O) groups is 5. The molecule has 5 atom stereocenters. The van der Waals surface area contributed by atoms with Gasteiger partial charge >= 0.3 is 12.1 Å². The molecule has 1 fully saturated rings. The van der Waals surface area contributed by atoms with E-state index in [0.717, 1.165) is 11.1 Å². The first-order chi connectivity index (χ1) is 32.5. The number of imide groups is 1. The zero-order valence-corrected chi connectivity index (χ0v) is 44.0. The van der Waals surface area contributed by atoms with Crippen molar-refractivity contribution in [2.24, 2.45) is 11.8 Å². The van der Waals surface area contributed by atoms with Crippen LogP contribution in [0.5, 0.6) is 17.2 Å². The molecule has 6 amide bonds. The fourth-order valence-corrected chi connectivity index (χ4v) is 9.14. The summed E-state index contributed by atoms with van der Waals surface area (Å²) in [4.78, 5) is 72.2. The molecule has 0 bridgehead atoms. The fraction of sp³-hybridized carbons (Fsp3) is 0.558. The molecule has 4 N–H and O–H groups in total. The molecular formula is C52H77N5O11Si. The van der Waals surface area contributed by atoms with E-state index in [1.165, 1.54) is 26.2 Å². The van der Waals surface area contributed by atoms with Crippen LogP contribution in [0.2, 0.25) is 18.1 Å². The predicted molar refractivity (Wildman–Crippen MR) is 268 cm³/mol. The standard InChI is InChI=1S/C52H77N5O11Si/c1-34(2)43(48(60)53-40(31-36-22-18-15-19-23-36)47(59)56-49(61)57-26-28-66-29-27-57)55-46(58)38(32-37-24-25-41(63-9)45(65-11)44(37)64-10)33-42(68-69(12,13)52(6,7)8)39(30-35-20-16-14-17-21-35)54-50(62)67-51(3,4)5/h14-25,34,38-40,42-43H,26-33H2,1-13H3,(H,53,60)(H,54,62)(H,55,58)(H,56,59,61). The van der Waals surface area contributed by atoms with Crippen LogP contribution in [0.1, 0.15) is 78.5 Å². The lowest BCUT2D eigenvalue weighted by atomic mass is 9.87. The van der Waals surface area contributed by atoms with Gasteiger partial charge in [-0.25, -0.2) is 9.59 Å². The maximum absolute atomic E-state index is 15.3. The van der Waals surface area contributed by atoms with Crippen molar-refractivity contribution in [1.29, 1.82) is 0 Å². The predicted octanol–water partition coefficient (Wildman–Crippen LogP) is 7.22. The lowest BCUT2D eigenvalue weighted by Gasteiger charge is -2.42. The summed E-state index contributed by atoms with van der Waals surface area (Å²) >= 11 is 0. The summed E-state index contributed by atoms with van der Waals surface area (Å²) in [5, 5.41) is 11.3. The Balaban J connectivity index is 1.80. The molecule has 0 aliphatic carbocycles. The topological polar surface area (TPSA) is 192 Å². The van der Waals surface area contributed by atoms with Gasteiger partial charge in [0.1, 0.15) is 17.7 Å². The van der Waals surface area contributed by atoms with Crippen LogP contribution in [-0.2, 0) is 47.5 Å². The zero-order valence-electron chi connectivity index (χ0n) is 43.0. The highest BCUT2D eigenvalue weighted by atomic mass is 28.4. The number of nitrogens with one attached hydrogen (secondary N) is 4. The van der Waals surface area contributed by atoms with Gasteiger partial charge in [0.25, 0.3) is 5.91 Å². The third-order valence-electron chi connectivity index (χ3n) is 12.5. The second-order valence-corrected chi connectivity index (χ2v) is 25.1. The molecule has 0 spiro atoms. The maximum Gasteiger partial charge on any atom is 0.407 e. The zero-order chi connectivity index (χ0) is 51.1. The maximum atomic E-state index is 15.3. The Bertz CT molecular complexity index is 2160. The molecular weight excluding hydrogens is 899 g/mol. The van der Waals surface area contributed by atoms with Gasteiger partial charge in [0.15, 0.2) is 19.8 Å². The van der Waals surface area contributed by atoms with Crippen LogP contribution in [0, 0.1) is 11.8 Å². The first kappa shape index (κ1) is 55.9. The molecule has 4 rings (SSSR count). The van der Waals surface area contributed by atoms with Gasteiger partial charge in [-0.1, -0.05) is 101 Å². The van der Waals surface area contributed by atoms with Crippen molar-refractivity contribution < 1.29 is 52.1 Å². The molecule has 3 aromatic rings. The molecule has 0 aromatic heterocycles. The van der Waals surface area contributed by atoms with Gasteiger partial charge in [0.05, 0.1) is 46.7 Å². The SMILES string of the molecule is COc1ccc(CC(CC(O[Si](C)(C)C(C)(C)C)C(Cc2ccccc2)NC(=O)OC(C)(C)C)C(=O)NC(C(=O)NC(Cc2ccccc2)C(=O)NC(=O)N2CCOCC2)C(C)C)c(OC)c1OC. The van der Waals surface area contributed by atoms with Crippen LogP contribution in [0.4, 0.5) is 9.59 Å². The normalized spacial score (nSPS) is 15.4. The number of urea groups is 1. The van der Waals surface area contributed by atoms with Gasteiger partial charge in [-0.2, -0.15) is 0 Å². The van der Waals surface area contributed by atoms with E-state index in [9.17, 15) is 19.2 Å². The van der Waals surface area contributed by atoms with E-state index in [1.807, 2.05) is 66.7 Å². The Kier molecular flexibility index (Phi) is 20.5. The Morgan fingerprint density at radius 3 is 1.80 bits per heavy atom. The van der Waals surface area contributed by atoms with Gasteiger partial charge in [0, 0.05) is 25.4 Å². The molecule has 1 saturated heterocycles. The van der Waals surface area contributed by atoms with E-state index in [4.69, 9.17) is 28.1 Å². The Morgan fingerprint density at radius 1 is 0.696 bits per heavy atom. The number of methoxy groups -OCH3 is 3. The lowest BCUT2D eigenvalue weighted by molar-refractivity contribution is -0.134. The summed E-state index contributed by atoms with van der Waals surface area (Å²) in [7, 11) is 1.88. The van der Waals surface area contributed by atoms with E-state index in [1.54, 1.807) is 40.7 Å². The van der Waals surface area contributed by atoms with Crippen molar-refractivity contribution in [3.05, 3.63) is 89.5 Å². The molecule has 5 unspecified atom stereocenters. The second kappa shape index (κ2) is 25.3. The summed E-state index contributed by atoms with van der Waals surface area (Å²) in [6, 6.07) is 18.9. The quantitative estimate of drug-likeness (QED) is 0.0788. The van der Waals surface area contributed by atoms with Crippen molar-refractivity contribution in [1.82, 2.24) is 26.2 Å². The summed E-state index contributed by atoms with van der Waals surface area (Å²) in [5.74, 6) is -2.01. The minimum atomic E-state index is -2.66.